The molecule has 0 bridgehead atoms. The molecule has 8 nitrogen and oxygen atoms in total. The van der Waals surface area contributed by atoms with Gasteiger partial charge in [-0.1, -0.05) is 78.9 Å². The van der Waals surface area contributed by atoms with Crippen LogP contribution in [0.1, 0.15) is 22.3 Å². The summed E-state index contributed by atoms with van der Waals surface area (Å²) in [4.78, 5) is 9.77. The number of aromatic nitrogens is 4. The number of nitriles is 4. The zero-order valence-electron chi connectivity index (χ0n) is 30.6. The average molecular weight is 739 g/mol. The van der Waals surface area contributed by atoms with Crippen LogP contribution in [-0.4, -0.2) is 19.1 Å². The smallest absolute Gasteiger partial charge is 0.160 e. The third-order valence-corrected chi connectivity index (χ3v) is 10.7. The predicted octanol–water partition coefficient (Wildman–Crippen LogP) is 11.2. The van der Waals surface area contributed by atoms with Crippen molar-refractivity contribution in [2.75, 3.05) is 0 Å². The Kier molecular flexibility index (Phi) is 7.84. The topological polar surface area (TPSA) is 131 Å². The molecule has 10 aromatic rings. The Labute approximate surface area is 332 Å². The van der Waals surface area contributed by atoms with Gasteiger partial charge in [0.15, 0.2) is 5.82 Å². The Hall–Kier alpha value is -8.82. The maximum Gasteiger partial charge on any atom is 0.160 e. The molecule has 0 aliphatic carbocycles. The van der Waals surface area contributed by atoms with Gasteiger partial charge in [-0.15, -0.1) is 0 Å². The van der Waals surface area contributed by atoms with Crippen molar-refractivity contribution in [3.8, 4) is 69.6 Å². The summed E-state index contributed by atoms with van der Waals surface area (Å²) in [5.74, 6) is 0.333. The van der Waals surface area contributed by atoms with Crippen molar-refractivity contribution < 1.29 is 0 Å². The number of fused-ring (bicyclic) bond motifs is 6. The van der Waals surface area contributed by atoms with Gasteiger partial charge in [-0.25, -0.2) is 9.97 Å². The molecular formula is C50H26N8. The van der Waals surface area contributed by atoms with Crippen LogP contribution >= 0.6 is 0 Å². The van der Waals surface area contributed by atoms with Crippen molar-refractivity contribution in [1.82, 2.24) is 19.1 Å². The van der Waals surface area contributed by atoms with Crippen LogP contribution in [0.5, 0.6) is 0 Å². The Balaban J connectivity index is 1.18. The maximum atomic E-state index is 10.8. The Morgan fingerprint density at radius 2 is 0.948 bits per heavy atom. The first-order chi connectivity index (χ1) is 28.6. The van der Waals surface area contributed by atoms with E-state index in [9.17, 15) is 21.0 Å². The van der Waals surface area contributed by atoms with Crippen molar-refractivity contribution in [2.45, 2.75) is 0 Å². The lowest BCUT2D eigenvalue weighted by Gasteiger charge is -2.15. The minimum absolute atomic E-state index is 0.314. The molecule has 0 saturated carbocycles. The summed E-state index contributed by atoms with van der Waals surface area (Å²) in [6, 6.07) is 59.8. The quantitative estimate of drug-likeness (QED) is 0.173. The maximum absolute atomic E-state index is 10.8. The third-order valence-electron chi connectivity index (χ3n) is 10.7. The second-order valence-corrected chi connectivity index (χ2v) is 13.9. The van der Waals surface area contributed by atoms with Crippen molar-refractivity contribution in [3.05, 3.63) is 180 Å². The van der Waals surface area contributed by atoms with E-state index in [1.54, 1.807) is 54.6 Å². The summed E-state index contributed by atoms with van der Waals surface area (Å²) in [5.41, 5.74) is 9.84. The number of para-hydroxylation sites is 3. The average Bonchev–Trinajstić information content (AvgIpc) is 3.81. The van der Waals surface area contributed by atoms with Crippen LogP contribution in [0.25, 0.3) is 88.9 Å². The molecule has 0 fully saturated rings. The van der Waals surface area contributed by atoms with Crippen LogP contribution in [0, 0.1) is 45.3 Å². The van der Waals surface area contributed by atoms with Crippen LogP contribution in [0.15, 0.2) is 158 Å². The third kappa shape index (κ3) is 5.35. The van der Waals surface area contributed by atoms with Gasteiger partial charge in [-0.3, -0.25) is 0 Å². The zero-order valence-corrected chi connectivity index (χ0v) is 30.6. The van der Waals surface area contributed by atoms with E-state index in [1.807, 2.05) is 30.3 Å². The number of rotatable bonds is 5. The molecule has 0 spiro atoms. The second-order valence-electron chi connectivity index (χ2n) is 13.9. The van der Waals surface area contributed by atoms with Gasteiger partial charge in [0.05, 0.1) is 79.6 Å². The van der Waals surface area contributed by atoms with Gasteiger partial charge < -0.3 is 9.13 Å². The molecule has 0 saturated heterocycles. The highest BCUT2D eigenvalue weighted by Gasteiger charge is 2.21. The van der Waals surface area contributed by atoms with Gasteiger partial charge in [-0.2, -0.15) is 21.0 Å². The summed E-state index contributed by atoms with van der Waals surface area (Å²) in [6.07, 6.45) is 0. The molecule has 3 heterocycles. The van der Waals surface area contributed by atoms with Crippen molar-refractivity contribution >= 4 is 43.6 Å². The molecular weight excluding hydrogens is 713 g/mol. The first-order valence-electron chi connectivity index (χ1n) is 18.5. The standard InChI is InChI=1S/C50H26N8/c51-27-31-9-7-11-33(21-31)43-26-44(56-50(55-43)34-12-8-10-32(22-34)28-52)41-23-36(30-54)49(24-35(41)29-53)58-47-18-6-3-15-40(47)42-25-37(19-20-48(42)58)57-45-16-4-1-13-38(45)39-14-2-5-17-46(39)57/h1-26H. The first kappa shape index (κ1) is 33.7. The predicted molar refractivity (Wildman–Crippen MR) is 226 cm³/mol. The van der Waals surface area contributed by atoms with Gasteiger partial charge >= 0.3 is 0 Å². The van der Waals surface area contributed by atoms with Crippen LogP contribution in [0.3, 0.4) is 0 Å². The Morgan fingerprint density at radius 3 is 1.59 bits per heavy atom. The van der Waals surface area contributed by atoms with Gasteiger partial charge in [0.1, 0.15) is 6.07 Å². The fourth-order valence-corrected chi connectivity index (χ4v) is 8.07. The van der Waals surface area contributed by atoms with Crippen LogP contribution in [0.4, 0.5) is 0 Å². The van der Waals surface area contributed by atoms with E-state index in [4.69, 9.17) is 9.97 Å². The summed E-state index contributed by atoms with van der Waals surface area (Å²) in [6.45, 7) is 0. The lowest BCUT2D eigenvalue weighted by molar-refractivity contribution is 1.15. The Bertz CT molecular complexity index is 3390. The molecule has 0 aliphatic rings. The monoisotopic (exact) mass is 738 g/mol. The number of hydrogen-bond donors (Lipinski definition) is 0. The molecule has 7 aromatic carbocycles. The van der Waals surface area contributed by atoms with Gasteiger partial charge in [0.25, 0.3) is 0 Å². The normalized spacial score (nSPS) is 11.0. The van der Waals surface area contributed by atoms with E-state index < -0.39 is 0 Å². The molecule has 0 unspecified atom stereocenters. The van der Waals surface area contributed by atoms with Crippen LogP contribution < -0.4 is 0 Å². The van der Waals surface area contributed by atoms with E-state index in [-0.39, 0.29) is 0 Å². The van der Waals surface area contributed by atoms with Crippen LogP contribution in [-0.2, 0) is 0 Å². The fourth-order valence-electron chi connectivity index (χ4n) is 8.07. The molecule has 0 aliphatic heterocycles. The minimum Gasteiger partial charge on any atom is -0.309 e. The van der Waals surface area contributed by atoms with E-state index in [0.29, 0.717) is 61.8 Å². The van der Waals surface area contributed by atoms with Crippen LogP contribution in [0.2, 0.25) is 0 Å². The molecule has 8 heteroatoms. The van der Waals surface area contributed by atoms with E-state index in [2.05, 4.69) is 106 Å². The lowest BCUT2D eigenvalue weighted by Crippen LogP contribution is -2.02. The highest BCUT2D eigenvalue weighted by Crippen LogP contribution is 2.39. The zero-order chi connectivity index (χ0) is 39.3. The highest BCUT2D eigenvalue weighted by molar-refractivity contribution is 6.12. The molecule has 10 rings (SSSR count). The largest absolute Gasteiger partial charge is 0.309 e. The SMILES string of the molecule is N#Cc1cccc(-c2cc(-c3cc(C#N)c(-n4c5ccccc5c5cc(-n6c7ccccc7c7ccccc76)ccc54)cc3C#N)nc(-c3cccc(C#N)c3)n2)c1. The van der Waals surface area contributed by atoms with Crippen molar-refractivity contribution in [3.63, 3.8) is 0 Å². The van der Waals surface area contributed by atoms with Gasteiger partial charge in [0, 0.05) is 43.9 Å². The molecule has 0 amide bonds. The number of nitrogens with zero attached hydrogens (tertiary/aromatic N) is 8. The molecule has 3 aromatic heterocycles. The van der Waals surface area contributed by atoms with E-state index in [1.165, 1.54) is 10.8 Å². The molecule has 0 N–H and O–H groups in total. The molecule has 266 valence electrons. The molecule has 58 heavy (non-hydrogen) atoms. The summed E-state index contributed by atoms with van der Waals surface area (Å²) >= 11 is 0. The van der Waals surface area contributed by atoms with Crippen molar-refractivity contribution in [2.24, 2.45) is 0 Å². The first-order valence-corrected chi connectivity index (χ1v) is 18.5. The number of hydrogen-bond acceptors (Lipinski definition) is 6. The molecule has 0 radical (unpaired) electrons. The fraction of sp³-hybridized carbons (Fsp3) is 0. The van der Waals surface area contributed by atoms with Crippen molar-refractivity contribution in [1.29, 1.82) is 21.0 Å². The highest BCUT2D eigenvalue weighted by atomic mass is 15.0. The van der Waals surface area contributed by atoms with E-state index >= 15 is 0 Å². The summed E-state index contributed by atoms with van der Waals surface area (Å²) < 4.78 is 4.35. The Morgan fingerprint density at radius 1 is 0.397 bits per heavy atom. The lowest BCUT2D eigenvalue weighted by atomic mass is 9.98. The minimum atomic E-state index is 0.314. The number of benzene rings is 7. The summed E-state index contributed by atoms with van der Waals surface area (Å²) in [7, 11) is 0. The molecule has 0 atom stereocenters. The van der Waals surface area contributed by atoms with E-state index in [0.717, 1.165) is 38.5 Å². The van der Waals surface area contributed by atoms with Gasteiger partial charge in [-0.05, 0) is 78.9 Å². The van der Waals surface area contributed by atoms with Gasteiger partial charge in [0.2, 0.25) is 0 Å². The second kappa shape index (κ2) is 13.5. The summed E-state index contributed by atoms with van der Waals surface area (Å²) in [5, 5.41) is 45.2.